The highest BCUT2D eigenvalue weighted by atomic mass is 16.6. The van der Waals surface area contributed by atoms with Gasteiger partial charge in [-0.3, -0.25) is 19.7 Å². The third-order valence-electron chi connectivity index (χ3n) is 7.65. The fraction of sp³-hybridized carbons (Fsp3) is 0.538. The second-order valence-corrected chi connectivity index (χ2v) is 9.83. The first kappa shape index (κ1) is 22.5. The zero-order valence-electron chi connectivity index (χ0n) is 19.4. The van der Waals surface area contributed by atoms with Crippen LogP contribution in [-0.2, 0) is 20.9 Å². The molecule has 1 aromatic rings. The van der Waals surface area contributed by atoms with Gasteiger partial charge in [-0.2, -0.15) is 0 Å². The molecule has 178 valence electrons. The van der Waals surface area contributed by atoms with Crippen molar-refractivity contribution in [1.29, 1.82) is 0 Å². The molecular formula is C26H29N3O5. The van der Waals surface area contributed by atoms with Crippen LogP contribution in [0.15, 0.2) is 18.2 Å². The number of likely N-dealkylation sites (tertiary alicyclic amines) is 1. The van der Waals surface area contributed by atoms with Crippen molar-refractivity contribution in [3.63, 3.8) is 0 Å². The van der Waals surface area contributed by atoms with E-state index in [1.54, 1.807) is 15.9 Å². The van der Waals surface area contributed by atoms with Crippen LogP contribution in [-0.4, -0.2) is 59.4 Å². The Kier molecular flexibility index (Phi) is 5.80. The van der Waals surface area contributed by atoms with E-state index in [0.29, 0.717) is 36.5 Å². The summed E-state index contributed by atoms with van der Waals surface area (Å²) in [4.78, 5) is 51.7. The first-order valence-corrected chi connectivity index (χ1v) is 12.1. The smallest absolute Gasteiger partial charge is 0.409 e. The molecule has 4 aliphatic rings. The molecule has 0 aromatic heterocycles. The van der Waals surface area contributed by atoms with Crippen LogP contribution < -0.4 is 5.32 Å². The summed E-state index contributed by atoms with van der Waals surface area (Å²) in [7, 11) is 0. The van der Waals surface area contributed by atoms with Gasteiger partial charge in [-0.25, -0.2) is 4.79 Å². The molecule has 1 atom stereocenters. The number of ether oxygens (including phenoxy) is 1. The molecule has 1 spiro atoms. The van der Waals surface area contributed by atoms with Crippen molar-refractivity contribution in [3.8, 4) is 11.8 Å². The van der Waals surface area contributed by atoms with Crippen molar-refractivity contribution in [2.45, 2.75) is 58.0 Å². The Morgan fingerprint density at radius 1 is 1.21 bits per heavy atom. The second kappa shape index (κ2) is 8.79. The van der Waals surface area contributed by atoms with Crippen molar-refractivity contribution in [2.24, 2.45) is 11.3 Å². The fourth-order valence-corrected chi connectivity index (χ4v) is 5.71. The van der Waals surface area contributed by atoms with Crippen LogP contribution in [0.3, 0.4) is 0 Å². The van der Waals surface area contributed by atoms with Crippen molar-refractivity contribution >= 4 is 23.8 Å². The van der Waals surface area contributed by atoms with Gasteiger partial charge >= 0.3 is 6.09 Å². The number of nitrogens with one attached hydrogen (secondary N) is 1. The van der Waals surface area contributed by atoms with E-state index in [-0.39, 0.29) is 24.3 Å². The Hall–Kier alpha value is -3.34. The Morgan fingerprint density at radius 2 is 1.97 bits per heavy atom. The summed E-state index contributed by atoms with van der Waals surface area (Å²) in [5, 5.41) is 2.33. The van der Waals surface area contributed by atoms with Gasteiger partial charge < -0.3 is 14.5 Å². The minimum atomic E-state index is -0.603. The van der Waals surface area contributed by atoms with Gasteiger partial charge in [0.15, 0.2) is 0 Å². The third kappa shape index (κ3) is 4.15. The summed E-state index contributed by atoms with van der Waals surface area (Å²) in [6, 6.07) is 5.00. The van der Waals surface area contributed by atoms with Gasteiger partial charge in [-0.15, -0.1) is 0 Å². The number of rotatable bonds is 2. The number of carbonyl (C=O) groups is 4. The van der Waals surface area contributed by atoms with E-state index in [1.807, 2.05) is 19.1 Å². The van der Waals surface area contributed by atoms with Crippen molar-refractivity contribution in [2.75, 3.05) is 19.7 Å². The lowest BCUT2D eigenvalue weighted by Gasteiger charge is -2.50. The molecule has 1 N–H and O–H groups in total. The number of imide groups is 1. The van der Waals surface area contributed by atoms with Crippen molar-refractivity contribution in [1.82, 2.24) is 15.1 Å². The van der Waals surface area contributed by atoms with E-state index >= 15 is 0 Å². The molecule has 3 aliphatic heterocycles. The SMILES string of the molecule is CCOC(=O)N1CCC2(CC1)CC(C#Cc1ccc3c(c1)CN(C1CCC(=O)NC1=O)C3=O)C2. The van der Waals surface area contributed by atoms with E-state index < -0.39 is 11.9 Å². The number of hydrogen-bond donors (Lipinski definition) is 1. The molecule has 3 heterocycles. The number of carbonyl (C=O) groups excluding carboxylic acids is 4. The van der Waals surface area contributed by atoms with E-state index in [4.69, 9.17) is 4.74 Å². The summed E-state index contributed by atoms with van der Waals surface area (Å²) in [6.07, 6.45) is 4.52. The van der Waals surface area contributed by atoms with Crippen LogP contribution in [0.5, 0.6) is 0 Å². The average Bonchev–Trinajstić information content (AvgIpc) is 3.12. The molecule has 5 rings (SSSR count). The number of hydrogen-bond acceptors (Lipinski definition) is 5. The van der Waals surface area contributed by atoms with E-state index in [1.165, 1.54) is 0 Å². The number of benzene rings is 1. The number of nitrogens with zero attached hydrogens (tertiary/aromatic N) is 2. The highest BCUT2D eigenvalue weighted by molar-refractivity contribution is 6.05. The normalized spacial score (nSPS) is 23.7. The van der Waals surface area contributed by atoms with Gasteiger partial charge in [0, 0.05) is 43.1 Å². The summed E-state index contributed by atoms with van der Waals surface area (Å²) < 4.78 is 5.11. The van der Waals surface area contributed by atoms with Gasteiger partial charge in [0.2, 0.25) is 11.8 Å². The molecular weight excluding hydrogens is 434 g/mol. The Balaban J connectivity index is 1.17. The standard InChI is InChI=1S/C26H29N3O5/c1-2-34-25(33)28-11-9-26(10-12-28)14-18(15-26)4-3-17-5-6-20-19(13-17)16-29(24(20)32)21-7-8-22(30)27-23(21)31/h5-6,13,18,21H,2,7-12,14-16H2,1H3,(H,27,30,31). The van der Waals surface area contributed by atoms with E-state index in [9.17, 15) is 19.2 Å². The van der Waals surface area contributed by atoms with Gasteiger partial charge in [0.25, 0.3) is 5.91 Å². The number of amides is 4. The summed E-state index contributed by atoms with van der Waals surface area (Å²) in [5.74, 6) is 6.17. The maximum atomic E-state index is 12.8. The van der Waals surface area contributed by atoms with Crippen LogP contribution in [0.4, 0.5) is 4.79 Å². The average molecular weight is 464 g/mol. The number of piperidine rings is 2. The van der Waals surface area contributed by atoms with Crippen molar-refractivity contribution in [3.05, 3.63) is 34.9 Å². The molecule has 1 saturated carbocycles. The molecule has 2 saturated heterocycles. The maximum Gasteiger partial charge on any atom is 0.409 e. The monoisotopic (exact) mass is 463 g/mol. The van der Waals surface area contributed by atoms with Crippen molar-refractivity contribution < 1.29 is 23.9 Å². The molecule has 1 aromatic carbocycles. The molecule has 3 fully saturated rings. The minimum Gasteiger partial charge on any atom is -0.450 e. The highest BCUT2D eigenvalue weighted by Gasteiger charge is 2.46. The summed E-state index contributed by atoms with van der Waals surface area (Å²) in [5.41, 5.74) is 2.65. The lowest BCUT2D eigenvalue weighted by molar-refractivity contribution is -0.136. The third-order valence-corrected chi connectivity index (χ3v) is 7.65. The molecule has 34 heavy (non-hydrogen) atoms. The summed E-state index contributed by atoms with van der Waals surface area (Å²) >= 11 is 0. The highest BCUT2D eigenvalue weighted by Crippen LogP contribution is 2.52. The zero-order chi connectivity index (χ0) is 23.9. The lowest BCUT2D eigenvalue weighted by Crippen LogP contribution is -2.52. The van der Waals surface area contributed by atoms with Gasteiger partial charge in [0.05, 0.1) is 6.61 Å². The zero-order valence-corrected chi connectivity index (χ0v) is 19.4. The molecule has 8 nitrogen and oxygen atoms in total. The number of fused-ring (bicyclic) bond motifs is 1. The molecule has 1 unspecified atom stereocenters. The van der Waals surface area contributed by atoms with Gasteiger partial charge in [-0.05, 0) is 68.2 Å². The molecule has 0 radical (unpaired) electrons. The lowest BCUT2D eigenvalue weighted by atomic mass is 9.58. The van der Waals surface area contributed by atoms with Gasteiger partial charge in [-0.1, -0.05) is 11.8 Å². The molecule has 0 bridgehead atoms. The minimum absolute atomic E-state index is 0.167. The molecule has 1 aliphatic carbocycles. The molecule has 4 amide bonds. The largest absolute Gasteiger partial charge is 0.450 e. The Labute approximate surface area is 199 Å². The predicted octanol–water partition coefficient (Wildman–Crippen LogP) is 2.45. The maximum absolute atomic E-state index is 12.8. The summed E-state index contributed by atoms with van der Waals surface area (Å²) in [6.45, 7) is 4.10. The van der Waals surface area contributed by atoms with Crippen LogP contribution >= 0.6 is 0 Å². The quantitative estimate of drug-likeness (QED) is 0.537. The Bertz CT molecular complexity index is 1100. The fourth-order valence-electron chi connectivity index (χ4n) is 5.71. The van der Waals surface area contributed by atoms with Crippen LogP contribution in [0.25, 0.3) is 0 Å². The first-order valence-electron chi connectivity index (χ1n) is 12.1. The van der Waals surface area contributed by atoms with Crippen LogP contribution in [0.1, 0.15) is 66.9 Å². The first-order chi connectivity index (χ1) is 16.4. The second-order valence-electron chi connectivity index (χ2n) is 9.83. The molecule has 8 heteroatoms. The Morgan fingerprint density at radius 3 is 2.68 bits per heavy atom. The van der Waals surface area contributed by atoms with Crippen LogP contribution in [0, 0.1) is 23.2 Å². The van der Waals surface area contributed by atoms with Crippen LogP contribution in [0.2, 0.25) is 0 Å². The van der Waals surface area contributed by atoms with E-state index in [0.717, 1.165) is 49.9 Å². The predicted molar refractivity (Wildman–Crippen MR) is 122 cm³/mol. The van der Waals surface area contributed by atoms with Gasteiger partial charge in [0.1, 0.15) is 6.04 Å². The van der Waals surface area contributed by atoms with E-state index in [2.05, 4.69) is 17.2 Å². The topological polar surface area (TPSA) is 96.0 Å².